The molecule has 0 spiro atoms. The fourth-order valence-electron chi connectivity index (χ4n) is 3.03. The van der Waals surface area contributed by atoms with Crippen molar-refractivity contribution in [3.63, 3.8) is 0 Å². The Bertz CT molecular complexity index is 492. The summed E-state index contributed by atoms with van der Waals surface area (Å²) in [6, 6.07) is 0. The van der Waals surface area contributed by atoms with Crippen molar-refractivity contribution >= 4 is 5.91 Å². The van der Waals surface area contributed by atoms with E-state index in [0.717, 1.165) is 12.5 Å². The van der Waals surface area contributed by atoms with Crippen molar-refractivity contribution in [1.29, 1.82) is 0 Å². The highest BCUT2D eigenvalue weighted by Crippen LogP contribution is 2.27. The first-order valence-corrected chi connectivity index (χ1v) is 9.03. The quantitative estimate of drug-likeness (QED) is 0.699. The van der Waals surface area contributed by atoms with Gasteiger partial charge in [-0.15, -0.1) is 5.10 Å². The topological polar surface area (TPSA) is 78.3 Å². The maximum absolute atomic E-state index is 12.2. The van der Waals surface area contributed by atoms with Crippen LogP contribution in [0.3, 0.4) is 0 Å². The summed E-state index contributed by atoms with van der Waals surface area (Å²) in [6.45, 7) is 8.39. The van der Waals surface area contributed by atoms with Crippen LogP contribution in [0.1, 0.15) is 56.9 Å². The van der Waals surface area contributed by atoms with Crippen molar-refractivity contribution in [3.05, 3.63) is 11.9 Å². The molecule has 1 fully saturated rings. The van der Waals surface area contributed by atoms with E-state index in [-0.39, 0.29) is 12.2 Å². The van der Waals surface area contributed by atoms with Gasteiger partial charge in [-0.3, -0.25) is 4.79 Å². The molecule has 2 rings (SSSR count). The zero-order chi connectivity index (χ0) is 17.4. The Balaban J connectivity index is 1.79. The van der Waals surface area contributed by atoms with Crippen molar-refractivity contribution in [2.75, 3.05) is 19.8 Å². The summed E-state index contributed by atoms with van der Waals surface area (Å²) < 4.78 is 12.6. The van der Waals surface area contributed by atoms with Gasteiger partial charge in [0.25, 0.3) is 5.91 Å². The van der Waals surface area contributed by atoms with Gasteiger partial charge in [0, 0.05) is 19.8 Å². The highest BCUT2D eigenvalue weighted by atomic mass is 16.7. The molecule has 1 aromatic rings. The number of amides is 1. The van der Waals surface area contributed by atoms with E-state index in [9.17, 15) is 4.79 Å². The summed E-state index contributed by atoms with van der Waals surface area (Å²) in [5.41, 5.74) is 0.339. The third-order valence-electron chi connectivity index (χ3n) is 4.50. The summed E-state index contributed by atoms with van der Waals surface area (Å²) in [5, 5.41) is 10.9. The van der Waals surface area contributed by atoms with Gasteiger partial charge < -0.3 is 14.8 Å². The van der Waals surface area contributed by atoms with E-state index in [4.69, 9.17) is 9.47 Å². The molecule has 1 aliphatic carbocycles. The van der Waals surface area contributed by atoms with Gasteiger partial charge in [0.2, 0.25) is 0 Å². The largest absolute Gasteiger partial charge is 0.351 e. The van der Waals surface area contributed by atoms with Gasteiger partial charge >= 0.3 is 0 Å². The van der Waals surface area contributed by atoms with Crippen LogP contribution in [-0.2, 0) is 16.0 Å². The lowest BCUT2D eigenvalue weighted by Gasteiger charge is -2.26. The van der Waals surface area contributed by atoms with Crippen LogP contribution in [0.4, 0.5) is 0 Å². The number of hydrogen-bond donors (Lipinski definition) is 1. The molecule has 24 heavy (non-hydrogen) atoms. The molecule has 1 saturated carbocycles. The fraction of sp³-hybridized carbons (Fsp3) is 0.824. The first-order chi connectivity index (χ1) is 11.6. The Labute approximate surface area is 144 Å². The van der Waals surface area contributed by atoms with Crippen LogP contribution in [0.2, 0.25) is 0 Å². The Morgan fingerprint density at radius 3 is 2.58 bits per heavy atom. The summed E-state index contributed by atoms with van der Waals surface area (Å²) in [5.74, 6) is 1.24. The van der Waals surface area contributed by atoms with Crippen LogP contribution in [0.25, 0.3) is 0 Å². The maximum Gasteiger partial charge on any atom is 0.273 e. The van der Waals surface area contributed by atoms with Gasteiger partial charge in [-0.25, -0.2) is 4.68 Å². The third-order valence-corrected chi connectivity index (χ3v) is 4.50. The molecule has 0 aromatic carbocycles. The van der Waals surface area contributed by atoms with Gasteiger partial charge in [0.05, 0.1) is 12.7 Å². The van der Waals surface area contributed by atoms with Crippen LogP contribution >= 0.6 is 0 Å². The molecule has 1 aromatic heterocycles. The smallest absolute Gasteiger partial charge is 0.273 e. The summed E-state index contributed by atoms with van der Waals surface area (Å²) >= 11 is 0. The molecular formula is C17H30N4O3. The van der Waals surface area contributed by atoms with Crippen molar-refractivity contribution in [2.24, 2.45) is 11.8 Å². The summed E-state index contributed by atoms with van der Waals surface area (Å²) in [6.07, 6.45) is 6.17. The summed E-state index contributed by atoms with van der Waals surface area (Å²) in [7, 11) is 0. The highest BCUT2D eigenvalue weighted by Gasteiger charge is 2.20. The van der Waals surface area contributed by atoms with E-state index in [1.807, 2.05) is 13.8 Å². The maximum atomic E-state index is 12.2. The zero-order valence-electron chi connectivity index (χ0n) is 15.0. The molecule has 136 valence electrons. The molecule has 1 N–H and O–H groups in total. The molecule has 1 aliphatic rings. The molecule has 0 bridgehead atoms. The number of nitrogens with one attached hydrogen (secondary N) is 1. The molecule has 0 atom stereocenters. The van der Waals surface area contributed by atoms with Crippen molar-refractivity contribution < 1.29 is 14.3 Å². The van der Waals surface area contributed by atoms with E-state index in [1.54, 1.807) is 10.9 Å². The average molecular weight is 338 g/mol. The van der Waals surface area contributed by atoms with Crippen LogP contribution in [0.15, 0.2) is 6.20 Å². The molecule has 1 heterocycles. The van der Waals surface area contributed by atoms with Crippen molar-refractivity contribution in [3.8, 4) is 0 Å². The van der Waals surface area contributed by atoms with Gasteiger partial charge in [0.15, 0.2) is 12.0 Å². The molecular weight excluding hydrogens is 308 g/mol. The number of carbonyl (C=O) groups excluding carboxylic acids is 1. The standard InChI is InChI=1S/C17H30N4O3/c1-4-23-16(24-5-2)12-21-11-15(19-20-21)17(22)18-10-14-8-6-13(3)7-9-14/h11,13-14,16H,4-10,12H2,1-3H3,(H,18,22). The second kappa shape index (κ2) is 9.74. The number of nitrogens with zero attached hydrogens (tertiary/aromatic N) is 3. The van der Waals surface area contributed by atoms with E-state index in [0.29, 0.717) is 31.4 Å². The fourth-order valence-corrected chi connectivity index (χ4v) is 3.03. The molecule has 7 nitrogen and oxygen atoms in total. The van der Waals surface area contributed by atoms with E-state index in [2.05, 4.69) is 22.6 Å². The number of ether oxygens (including phenoxy) is 2. The number of aromatic nitrogens is 3. The Morgan fingerprint density at radius 2 is 1.96 bits per heavy atom. The molecule has 0 unspecified atom stereocenters. The second-order valence-electron chi connectivity index (χ2n) is 6.50. The number of hydrogen-bond acceptors (Lipinski definition) is 5. The predicted molar refractivity (Wildman–Crippen MR) is 90.5 cm³/mol. The van der Waals surface area contributed by atoms with Gasteiger partial charge in [-0.2, -0.15) is 0 Å². The normalized spacial score (nSPS) is 21.2. The van der Waals surface area contributed by atoms with Gasteiger partial charge in [-0.05, 0) is 38.5 Å². The SMILES string of the molecule is CCOC(Cn1cc(C(=O)NCC2CCC(C)CC2)nn1)OCC. The highest BCUT2D eigenvalue weighted by molar-refractivity contribution is 5.91. The van der Waals surface area contributed by atoms with Crippen LogP contribution < -0.4 is 5.32 Å². The van der Waals surface area contributed by atoms with Crippen molar-refractivity contribution in [2.45, 2.75) is 59.3 Å². The molecule has 7 heteroatoms. The first kappa shape index (κ1) is 18.9. The van der Waals surface area contributed by atoms with E-state index < -0.39 is 0 Å². The molecule has 1 amide bonds. The lowest BCUT2D eigenvalue weighted by molar-refractivity contribution is -0.145. The first-order valence-electron chi connectivity index (χ1n) is 9.03. The Hall–Kier alpha value is -1.47. The van der Waals surface area contributed by atoms with Gasteiger partial charge in [-0.1, -0.05) is 25.0 Å². The number of rotatable bonds is 9. The van der Waals surface area contributed by atoms with Crippen LogP contribution in [0.5, 0.6) is 0 Å². The predicted octanol–water partition coefficient (Wildman–Crippen LogP) is 2.23. The van der Waals surface area contributed by atoms with Crippen LogP contribution in [-0.4, -0.2) is 46.9 Å². The molecule has 0 aliphatic heterocycles. The Kier molecular flexibility index (Phi) is 7.65. The third kappa shape index (κ3) is 5.87. The minimum absolute atomic E-state index is 0.163. The van der Waals surface area contributed by atoms with Crippen molar-refractivity contribution in [1.82, 2.24) is 20.3 Å². The molecule has 0 radical (unpaired) electrons. The number of carbonyl (C=O) groups is 1. The monoisotopic (exact) mass is 338 g/mol. The van der Waals surface area contributed by atoms with E-state index in [1.165, 1.54) is 25.7 Å². The average Bonchev–Trinajstić information content (AvgIpc) is 3.03. The minimum Gasteiger partial charge on any atom is -0.351 e. The second-order valence-corrected chi connectivity index (χ2v) is 6.50. The zero-order valence-corrected chi connectivity index (χ0v) is 15.0. The Morgan fingerprint density at radius 1 is 1.29 bits per heavy atom. The lowest BCUT2D eigenvalue weighted by Crippen LogP contribution is -2.31. The lowest BCUT2D eigenvalue weighted by atomic mass is 9.83. The van der Waals surface area contributed by atoms with Crippen LogP contribution in [0, 0.1) is 11.8 Å². The molecule has 0 saturated heterocycles. The minimum atomic E-state index is -0.373. The summed E-state index contributed by atoms with van der Waals surface area (Å²) in [4.78, 5) is 12.2. The van der Waals surface area contributed by atoms with E-state index >= 15 is 0 Å². The van der Waals surface area contributed by atoms with Gasteiger partial charge in [0.1, 0.15) is 0 Å².